The molecule has 0 spiro atoms. The lowest BCUT2D eigenvalue weighted by atomic mass is 10.1. The lowest BCUT2D eigenvalue weighted by molar-refractivity contribution is -0.130. The smallest absolute Gasteiger partial charge is 0.238 e. The van der Waals surface area contributed by atoms with Crippen molar-refractivity contribution in [3.05, 3.63) is 29.8 Å². The van der Waals surface area contributed by atoms with E-state index in [0.717, 1.165) is 56.1 Å². The van der Waals surface area contributed by atoms with Gasteiger partial charge in [-0.15, -0.1) is 12.4 Å². The quantitative estimate of drug-likeness (QED) is 0.744. The average molecular weight is 366 g/mol. The summed E-state index contributed by atoms with van der Waals surface area (Å²) < 4.78 is 0. The number of hydrogen-bond donors (Lipinski definition) is 2. The molecule has 2 fully saturated rings. The molecular weight excluding hydrogens is 338 g/mol. The molecule has 0 aromatic heterocycles. The zero-order chi connectivity index (χ0) is 16.8. The number of aryl methyl sites for hydroxylation is 1. The van der Waals surface area contributed by atoms with Crippen LogP contribution in [0.5, 0.6) is 0 Å². The number of hydrogen-bond acceptors (Lipinski definition) is 3. The SMILES string of the molecule is Cl.O=C(CNCC1CC1)Nc1ccc(CCC(=O)N2CCCC2)cc1. The molecule has 1 aliphatic carbocycles. The summed E-state index contributed by atoms with van der Waals surface area (Å²) in [5.74, 6) is 1.03. The molecule has 0 radical (unpaired) electrons. The number of benzene rings is 1. The van der Waals surface area contributed by atoms with Gasteiger partial charge in [0.1, 0.15) is 0 Å². The first-order valence-electron chi connectivity index (χ1n) is 9.08. The molecule has 1 heterocycles. The highest BCUT2D eigenvalue weighted by molar-refractivity contribution is 5.92. The Bertz CT molecular complexity index is 567. The zero-order valence-corrected chi connectivity index (χ0v) is 15.4. The van der Waals surface area contributed by atoms with Crippen LogP contribution in [-0.2, 0) is 16.0 Å². The van der Waals surface area contributed by atoms with Gasteiger partial charge in [0.25, 0.3) is 0 Å². The molecule has 138 valence electrons. The third kappa shape index (κ3) is 6.67. The number of carbonyl (C=O) groups is 2. The number of anilines is 1. The van der Waals surface area contributed by atoms with Crippen molar-refractivity contribution in [3.8, 4) is 0 Å². The lowest BCUT2D eigenvalue weighted by Gasteiger charge is -2.15. The van der Waals surface area contributed by atoms with Gasteiger partial charge in [-0.3, -0.25) is 9.59 Å². The molecule has 2 aliphatic rings. The highest BCUT2D eigenvalue weighted by atomic mass is 35.5. The number of nitrogens with one attached hydrogen (secondary N) is 2. The van der Waals surface area contributed by atoms with Gasteiger partial charge < -0.3 is 15.5 Å². The second kappa shape index (κ2) is 9.78. The van der Waals surface area contributed by atoms with Gasteiger partial charge in [-0.25, -0.2) is 0 Å². The van der Waals surface area contributed by atoms with Crippen molar-refractivity contribution in [2.75, 3.05) is 31.5 Å². The van der Waals surface area contributed by atoms with Crippen molar-refractivity contribution in [1.82, 2.24) is 10.2 Å². The van der Waals surface area contributed by atoms with E-state index in [1.165, 1.54) is 12.8 Å². The summed E-state index contributed by atoms with van der Waals surface area (Å²) in [7, 11) is 0. The fourth-order valence-electron chi connectivity index (χ4n) is 3.05. The van der Waals surface area contributed by atoms with Gasteiger partial charge in [0.2, 0.25) is 11.8 Å². The van der Waals surface area contributed by atoms with E-state index in [-0.39, 0.29) is 24.2 Å². The van der Waals surface area contributed by atoms with E-state index in [4.69, 9.17) is 0 Å². The van der Waals surface area contributed by atoms with Crippen LogP contribution in [0.2, 0.25) is 0 Å². The Morgan fingerprint density at radius 1 is 1.08 bits per heavy atom. The van der Waals surface area contributed by atoms with Crippen LogP contribution < -0.4 is 10.6 Å². The van der Waals surface area contributed by atoms with E-state index in [2.05, 4.69) is 10.6 Å². The summed E-state index contributed by atoms with van der Waals surface area (Å²) >= 11 is 0. The number of amides is 2. The van der Waals surface area contributed by atoms with Crippen molar-refractivity contribution >= 4 is 29.9 Å². The van der Waals surface area contributed by atoms with Gasteiger partial charge in [0.05, 0.1) is 6.54 Å². The van der Waals surface area contributed by atoms with Gasteiger partial charge in [-0.2, -0.15) is 0 Å². The van der Waals surface area contributed by atoms with E-state index >= 15 is 0 Å². The number of likely N-dealkylation sites (tertiary alicyclic amines) is 1. The van der Waals surface area contributed by atoms with Crippen LogP contribution in [0.4, 0.5) is 5.69 Å². The van der Waals surface area contributed by atoms with Crippen molar-refractivity contribution < 1.29 is 9.59 Å². The first-order valence-corrected chi connectivity index (χ1v) is 9.08. The molecule has 1 aliphatic heterocycles. The van der Waals surface area contributed by atoms with E-state index in [1.807, 2.05) is 29.2 Å². The Labute approximate surface area is 155 Å². The second-order valence-electron chi connectivity index (χ2n) is 6.91. The predicted octanol–water partition coefficient (Wildman–Crippen LogP) is 2.60. The zero-order valence-electron chi connectivity index (χ0n) is 14.6. The minimum absolute atomic E-state index is 0. The third-order valence-corrected chi connectivity index (χ3v) is 4.74. The van der Waals surface area contributed by atoms with Crippen LogP contribution in [0.3, 0.4) is 0 Å². The van der Waals surface area contributed by atoms with Gasteiger partial charge in [-0.05, 0) is 62.3 Å². The summed E-state index contributed by atoms with van der Waals surface area (Å²) in [6.45, 7) is 3.14. The van der Waals surface area contributed by atoms with Crippen molar-refractivity contribution in [3.63, 3.8) is 0 Å². The van der Waals surface area contributed by atoms with E-state index in [9.17, 15) is 9.59 Å². The number of halogens is 1. The Morgan fingerprint density at radius 2 is 1.76 bits per heavy atom. The van der Waals surface area contributed by atoms with Crippen molar-refractivity contribution in [2.45, 2.75) is 38.5 Å². The molecule has 6 heteroatoms. The molecule has 2 amide bonds. The highest BCUT2D eigenvalue weighted by Crippen LogP contribution is 2.27. The molecule has 1 saturated carbocycles. The molecule has 0 unspecified atom stereocenters. The molecule has 5 nitrogen and oxygen atoms in total. The summed E-state index contributed by atoms with van der Waals surface area (Å²) in [5.41, 5.74) is 1.94. The topological polar surface area (TPSA) is 61.4 Å². The highest BCUT2D eigenvalue weighted by Gasteiger charge is 2.20. The lowest BCUT2D eigenvalue weighted by Crippen LogP contribution is -2.29. The summed E-state index contributed by atoms with van der Waals surface area (Å²) in [5, 5.41) is 6.08. The number of rotatable bonds is 8. The number of carbonyl (C=O) groups excluding carboxylic acids is 2. The fourth-order valence-corrected chi connectivity index (χ4v) is 3.05. The van der Waals surface area contributed by atoms with E-state index in [1.54, 1.807) is 0 Å². The molecule has 1 saturated heterocycles. The second-order valence-corrected chi connectivity index (χ2v) is 6.91. The first-order chi connectivity index (χ1) is 11.7. The van der Waals surface area contributed by atoms with E-state index < -0.39 is 0 Å². The van der Waals surface area contributed by atoms with E-state index in [0.29, 0.717) is 13.0 Å². The fraction of sp³-hybridized carbons (Fsp3) is 0.579. The van der Waals surface area contributed by atoms with Crippen LogP contribution in [0.1, 0.15) is 37.7 Å². The molecule has 25 heavy (non-hydrogen) atoms. The van der Waals surface area contributed by atoms with Crippen LogP contribution >= 0.6 is 12.4 Å². The molecule has 0 bridgehead atoms. The Kier molecular flexibility index (Phi) is 7.72. The van der Waals surface area contributed by atoms with Gasteiger partial charge >= 0.3 is 0 Å². The molecule has 0 atom stereocenters. The molecule has 1 aromatic rings. The molecule has 1 aromatic carbocycles. The Morgan fingerprint density at radius 3 is 2.40 bits per heavy atom. The van der Waals surface area contributed by atoms with Crippen molar-refractivity contribution in [1.29, 1.82) is 0 Å². The third-order valence-electron chi connectivity index (χ3n) is 4.74. The maximum absolute atomic E-state index is 12.0. The summed E-state index contributed by atoms with van der Waals surface area (Å²) in [6.07, 6.45) is 6.17. The molecular formula is C19H28ClN3O2. The first kappa shape index (κ1) is 19.7. The minimum atomic E-state index is -0.00684. The molecule has 3 rings (SSSR count). The predicted molar refractivity (Wildman–Crippen MR) is 102 cm³/mol. The molecule has 2 N–H and O–H groups in total. The summed E-state index contributed by atoms with van der Waals surface area (Å²) in [6, 6.07) is 7.80. The van der Waals surface area contributed by atoms with Crippen LogP contribution in [0.15, 0.2) is 24.3 Å². The Balaban J connectivity index is 0.00000225. The standard InChI is InChI=1S/C19H27N3O2.ClH/c23-18(14-20-13-16-3-4-16)21-17-8-5-15(6-9-17)7-10-19(24)22-11-1-2-12-22;/h5-6,8-9,16,20H,1-4,7,10-14H2,(H,21,23);1H. The number of nitrogens with zero attached hydrogens (tertiary/aromatic N) is 1. The van der Waals surface area contributed by atoms with Gasteiger partial charge in [0, 0.05) is 25.2 Å². The monoisotopic (exact) mass is 365 g/mol. The van der Waals surface area contributed by atoms with Crippen LogP contribution in [0, 0.1) is 5.92 Å². The van der Waals surface area contributed by atoms with Gasteiger partial charge in [-0.1, -0.05) is 12.1 Å². The normalized spacial score (nSPS) is 16.4. The summed E-state index contributed by atoms with van der Waals surface area (Å²) in [4.78, 5) is 25.8. The minimum Gasteiger partial charge on any atom is -0.343 e. The van der Waals surface area contributed by atoms with Crippen LogP contribution in [0.25, 0.3) is 0 Å². The van der Waals surface area contributed by atoms with Crippen LogP contribution in [-0.4, -0.2) is 42.9 Å². The largest absolute Gasteiger partial charge is 0.343 e. The van der Waals surface area contributed by atoms with Gasteiger partial charge in [0.15, 0.2) is 0 Å². The Hall–Kier alpha value is -1.59. The maximum atomic E-state index is 12.0. The van der Waals surface area contributed by atoms with Crippen molar-refractivity contribution in [2.24, 2.45) is 5.92 Å². The maximum Gasteiger partial charge on any atom is 0.238 e. The average Bonchev–Trinajstić information content (AvgIpc) is 3.24.